The van der Waals surface area contributed by atoms with Gasteiger partial charge in [-0.05, 0) is 52.1 Å². The van der Waals surface area contributed by atoms with Crippen molar-refractivity contribution in [3.8, 4) is 0 Å². The van der Waals surface area contributed by atoms with Crippen LogP contribution in [0, 0.1) is 0 Å². The molecule has 0 bridgehead atoms. The molecule has 4 heteroatoms. The number of nitrogens with zero attached hydrogens (tertiary/aromatic N) is 2. The van der Waals surface area contributed by atoms with E-state index in [-0.39, 0.29) is 0 Å². The van der Waals surface area contributed by atoms with Crippen molar-refractivity contribution in [2.24, 2.45) is 0 Å². The Morgan fingerprint density at radius 3 is 3.15 bits per heavy atom. The topological polar surface area (TPSA) is 41.9 Å². The maximum absolute atomic E-state index is 4.06. The molecule has 0 amide bonds. The average Bonchev–Trinajstić information content (AvgIpc) is 2.83. The minimum absolute atomic E-state index is 0.624. The Balaban J connectivity index is 1.50. The van der Waals surface area contributed by atoms with E-state index in [0.29, 0.717) is 6.04 Å². The van der Waals surface area contributed by atoms with Crippen molar-refractivity contribution in [3.63, 3.8) is 0 Å². The Labute approximate surface area is 123 Å². The lowest BCUT2D eigenvalue weighted by molar-refractivity contribution is 0.399. The summed E-state index contributed by atoms with van der Waals surface area (Å²) in [4.78, 5) is 4.06. The van der Waals surface area contributed by atoms with E-state index in [9.17, 15) is 0 Å². The zero-order valence-corrected chi connectivity index (χ0v) is 12.9. The van der Waals surface area contributed by atoms with Crippen LogP contribution in [0.3, 0.4) is 0 Å². The summed E-state index contributed by atoms with van der Waals surface area (Å²) in [6, 6.07) is 1.35. The quantitative estimate of drug-likeness (QED) is 0.718. The fourth-order valence-corrected chi connectivity index (χ4v) is 3.00. The lowest BCUT2D eigenvalue weighted by atomic mass is 10.0. The molecule has 1 fully saturated rings. The van der Waals surface area contributed by atoms with Gasteiger partial charge < -0.3 is 15.2 Å². The summed E-state index contributed by atoms with van der Waals surface area (Å²) in [5, 5.41) is 7.35. The molecule has 0 aliphatic carbocycles. The van der Waals surface area contributed by atoms with Crippen LogP contribution in [-0.2, 0) is 6.54 Å². The van der Waals surface area contributed by atoms with Gasteiger partial charge in [0.05, 0.1) is 6.33 Å². The van der Waals surface area contributed by atoms with Gasteiger partial charge in [0, 0.05) is 31.0 Å². The number of rotatable bonds is 8. The Morgan fingerprint density at radius 2 is 2.30 bits per heavy atom. The minimum atomic E-state index is 0.624. The van der Waals surface area contributed by atoms with Crippen LogP contribution in [0.4, 0.5) is 0 Å². The Kier molecular flexibility index (Phi) is 7.09. The molecule has 0 saturated carbocycles. The van der Waals surface area contributed by atoms with Crippen molar-refractivity contribution >= 4 is 0 Å². The van der Waals surface area contributed by atoms with Crippen LogP contribution in [0.25, 0.3) is 0 Å². The molecular formula is C16H30N4. The molecule has 0 aromatic carbocycles. The first-order valence-electron chi connectivity index (χ1n) is 8.27. The fourth-order valence-electron chi connectivity index (χ4n) is 3.00. The van der Waals surface area contributed by atoms with E-state index in [4.69, 9.17) is 0 Å². The second-order valence-electron chi connectivity index (χ2n) is 6.10. The van der Waals surface area contributed by atoms with Gasteiger partial charge in [-0.3, -0.25) is 0 Å². The Bertz CT molecular complexity index is 328. The van der Waals surface area contributed by atoms with Crippen LogP contribution < -0.4 is 10.6 Å². The minimum Gasteiger partial charge on any atom is -0.337 e. The predicted molar refractivity (Wildman–Crippen MR) is 83.8 cm³/mol. The average molecular weight is 278 g/mol. The van der Waals surface area contributed by atoms with Crippen LogP contribution in [0.5, 0.6) is 0 Å². The van der Waals surface area contributed by atoms with Crippen LogP contribution >= 0.6 is 0 Å². The molecule has 1 aliphatic heterocycles. The maximum Gasteiger partial charge on any atom is 0.0945 e. The number of aromatic nitrogens is 2. The first-order valence-corrected chi connectivity index (χ1v) is 8.27. The van der Waals surface area contributed by atoms with Crippen molar-refractivity contribution in [1.82, 2.24) is 20.2 Å². The summed E-state index contributed by atoms with van der Waals surface area (Å²) in [6.07, 6.45) is 15.0. The zero-order chi connectivity index (χ0) is 14.0. The fraction of sp³-hybridized carbons (Fsp3) is 0.812. The predicted octanol–water partition coefficient (Wildman–Crippen LogP) is 2.56. The Hall–Kier alpha value is -0.870. The van der Waals surface area contributed by atoms with Gasteiger partial charge in [-0.1, -0.05) is 12.8 Å². The molecule has 20 heavy (non-hydrogen) atoms. The summed E-state index contributed by atoms with van der Waals surface area (Å²) in [5.74, 6) is 0. The number of imidazole rings is 1. The van der Waals surface area contributed by atoms with Gasteiger partial charge >= 0.3 is 0 Å². The van der Waals surface area contributed by atoms with E-state index in [0.717, 1.165) is 19.1 Å². The second kappa shape index (κ2) is 9.14. The molecule has 2 unspecified atom stereocenters. The zero-order valence-electron chi connectivity index (χ0n) is 12.9. The first kappa shape index (κ1) is 15.5. The van der Waals surface area contributed by atoms with E-state index in [1.54, 1.807) is 0 Å². The van der Waals surface area contributed by atoms with Gasteiger partial charge in [0.2, 0.25) is 0 Å². The third-order valence-corrected chi connectivity index (χ3v) is 4.20. The van der Waals surface area contributed by atoms with Gasteiger partial charge in [-0.25, -0.2) is 4.98 Å². The third-order valence-electron chi connectivity index (χ3n) is 4.20. The highest BCUT2D eigenvalue weighted by Gasteiger charge is 2.14. The van der Waals surface area contributed by atoms with Gasteiger partial charge in [-0.15, -0.1) is 0 Å². The van der Waals surface area contributed by atoms with Crippen molar-refractivity contribution < 1.29 is 0 Å². The number of nitrogens with one attached hydrogen (secondary N) is 2. The molecule has 2 N–H and O–H groups in total. The molecule has 2 atom stereocenters. The number of unbranched alkanes of at least 4 members (excludes halogenated alkanes) is 1. The summed E-state index contributed by atoms with van der Waals surface area (Å²) in [5.41, 5.74) is 0. The van der Waals surface area contributed by atoms with Crippen molar-refractivity contribution in [2.75, 3.05) is 13.1 Å². The third kappa shape index (κ3) is 6.06. The van der Waals surface area contributed by atoms with Crippen molar-refractivity contribution in [2.45, 2.75) is 70.5 Å². The van der Waals surface area contributed by atoms with E-state index in [1.807, 2.05) is 18.7 Å². The standard InChI is InChI=1S/C16H30N4/c1-15(13-16-7-3-2-4-9-19-16)18-8-5-6-11-20-12-10-17-14-20/h10,12,14-16,18-19H,2-9,11,13H2,1H3. The van der Waals surface area contributed by atoms with Crippen LogP contribution in [0.1, 0.15) is 51.9 Å². The highest BCUT2D eigenvalue weighted by atomic mass is 15.0. The second-order valence-corrected chi connectivity index (χ2v) is 6.10. The molecule has 0 spiro atoms. The van der Waals surface area contributed by atoms with E-state index < -0.39 is 0 Å². The van der Waals surface area contributed by atoms with E-state index in [1.165, 1.54) is 51.5 Å². The molecule has 114 valence electrons. The lowest BCUT2D eigenvalue weighted by Crippen LogP contribution is -2.37. The summed E-state index contributed by atoms with van der Waals surface area (Å²) in [7, 11) is 0. The SMILES string of the molecule is CC(CC1CCCCCN1)NCCCCn1ccnc1. The van der Waals surface area contributed by atoms with Crippen molar-refractivity contribution in [3.05, 3.63) is 18.7 Å². The molecule has 0 radical (unpaired) electrons. The summed E-state index contributed by atoms with van der Waals surface area (Å²) in [6.45, 7) is 5.74. The molecule has 1 saturated heterocycles. The van der Waals surface area contributed by atoms with Gasteiger partial charge in [0.1, 0.15) is 0 Å². The van der Waals surface area contributed by atoms with E-state index >= 15 is 0 Å². The van der Waals surface area contributed by atoms with Crippen LogP contribution in [0.15, 0.2) is 18.7 Å². The Morgan fingerprint density at radius 1 is 1.35 bits per heavy atom. The van der Waals surface area contributed by atoms with Crippen LogP contribution in [0.2, 0.25) is 0 Å². The normalized spacial score (nSPS) is 21.6. The number of hydrogen-bond acceptors (Lipinski definition) is 3. The summed E-state index contributed by atoms with van der Waals surface area (Å²) >= 11 is 0. The molecule has 1 aromatic rings. The largest absolute Gasteiger partial charge is 0.337 e. The lowest BCUT2D eigenvalue weighted by Gasteiger charge is -2.21. The monoisotopic (exact) mass is 278 g/mol. The molecule has 1 aliphatic rings. The van der Waals surface area contributed by atoms with Crippen LogP contribution in [-0.4, -0.2) is 34.7 Å². The molecule has 2 heterocycles. The molecule has 4 nitrogen and oxygen atoms in total. The first-order chi connectivity index (χ1) is 9.84. The van der Waals surface area contributed by atoms with Gasteiger partial charge in [0.15, 0.2) is 0 Å². The van der Waals surface area contributed by atoms with Gasteiger partial charge in [0.25, 0.3) is 0 Å². The highest BCUT2D eigenvalue weighted by Crippen LogP contribution is 2.12. The van der Waals surface area contributed by atoms with Gasteiger partial charge in [-0.2, -0.15) is 0 Å². The van der Waals surface area contributed by atoms with Crippen molar-refractivity contribution in [1.29, 1.82) is 0 Å². The highest BCUT2D eigenvalue weighted by molar-refractivity contribution is 4.76. The maximum atomic E-state index is 4.06. The molecular weight excluding hydrogens is 248 g/mol. The molecule has 1 aromatic heterocycles. The smallest absolute Gasteiger partial charge is 0.0945 e. The molecule has 2 rings (SSSR count). The number of hydrogen-bond donors (Lipinski definition) is 2. The number of aryl methyl sites for hydroxylation is 1. The van der Waals surface area contributed by atoms with E-state index in [2.05, 4.69) is 27.1 Å². The summed E-state index contributed by atoms with van der Waals surface area (Å²) < 4.78 is 2.15.